The molecule has 0 aliphatic heterocycles. The summed E-state index contributed by atoms with van der Waals surface area (Å²) < 4.78 is 0. The fourth-order valence-corrected chi connectivity index (χ4v) is 1.97. The maximum atomic E-state index is 11.6. The van der Waals surface area contributed by atoms with Crippen LogP contribution in [0.4, 0.5) is 5.69 Å². The smallest absolute Gasteiger partial charge is 0.335 e. The second-order valence-corrected chi connectivity index (χ2v) is 4.81. The van der Waals surface area contributed by atoms with E-state index in [1.807, 2.05) is 0 Å². The van der Waals surface area contributed by atoms with Crippen molar-refractivity contribution in [2.45, 2.75) is 6.42 Å². The van der Waals surface area contributed by atoms with Crippen molar-refractivity contribution in [3.05, 3.63) is 29.8 Å². The molecule has 1 aromatic rings. The third-order valence-electron chi connectivity index (χ3n) is 2.11. The van der Waals surface area contributed by atoms with Crippen molar-refractivity contribution in [3.8, 4) is 0 Å². The van der Waals surface area contributed by atoms with Gasteiger partial charge < -0.3 is 16.2 Å². The SMILES string of the molecule is NC(=O)CSCCC(=O)Nc1cccc(C(=O)O)c1. The molecule has 1 aromatic carbocycles. The minimum Gasteiger partial charge on any atom is -0.478 e. The molecule has 2 amide bonds. The summed E-state index contributed by atoms with van der Waals surface area (Å²) in [6.07, 6.45) is 0.231. The van der Waals surface area contributed by atoms with Gasteiger partial charge in [0.25, 0.3) is 0 Å². The van der Waals surface area contributed by atoms with Crippen LogP contribution >= 0.6 is 11.8 Å². The zero-order valence-corrected chi connectivity index (χ0v) is 10.9. The first-order valence-electron chi connectivity index (χ1n) is 5.48. The van der Waals surface area contributed by atoms with E-state index in [9.17, 15) is 14.4 Å². The first-order valence-corrected chi connectivity index (χ1v) is 6.64. The molecule has 0 unspecified atom stereocenters. The Balaban J connectivity index is 2.42. The first kappa shape index (κ1) is 15.0. The van der Waals surface area contributed by atoms with Gasteiger partial charge >= 0.3 is 5.97 Å². The van der Waals surface area contributed by atoms with Gasteiger partial charge in [0, 0.05) is 17.9 Å². The first-order chi connectivity index (χ1) is 8.99. The van der Waals surface area contributed by atoms with Crippen LogP contribution in [0, 0.1) is 0 Å². The molecule has 6 nitrogen and oxygen atoms in total. The van der Waals surface area contributed by atoms with Crippen LogP contribution in [0.5, 0.6) is 0 Å². The number of carboxylic acid groups (broad SMARTS) is 1. The Hall–Kier alpha value is -2.02. The summed E-state index contributed by atoms with van der Waals surface area (Å²) >= 11 is 1.28. The lowest BCUT2D eigenvalue weighted by Gasteiger charge is -2.05. The van der Waals surface area contributed by atoms with Gasteiger partial charge in [-0.3, -0.25) is 9.59 Å². The lowest BCUT2D eigenvalue weighted by molar-refractivity contribution is -0.116. The number of primary amides is 1. The fourth-order valence-electron chi connectivity index (χ4n) is 1.29. The number of anilines is 1. The topological polar surface area (TPSA) is 109 Å². The van der Waals surface area contributed by atoms with Crippen molar-refractivity contribution in [2.75, 3.05) is 16.8 Å². The van der Waals surface area contributed by atoms with Crippen LogP contribution in [0.15, 0.2) is 24.3 Å². The summed E-state index contributed by atoms with van der Waals surface area (Å²) in [5, 5.41) is 11.4. The van der Waals surface area contributed by atoms with Crippen molar-refractivity contribution < 1.29 is 19.5 Å². The average Bonchev–Trinajstić information content (AvgIpc) is 2.34. The number of hydrogen-bond donors (Lipinski definition) is 3. The van der Waals surface area contributed by atoms with E-state index >= 15 is 0 Å². The van der Waals surface area contributed by atoms with Crippen LogP contribution in [0.3, 0.4) is 0 Å². The van der Waals surface area contributed by atoms with E-state index in [4.69, 9.17) is 10.8 Å². The molecule has 4 N–H and O–H groups in total. The summed E-state index contributed by atoms with van der Waals surface area (Å²) in [5.41, 5.74) is 5.51. The van der Waals surface area contributed by atoms with Crippen LogP contribution in [-0.4, -0.2) is 34.4 Å². The van der Waals surface area contributed by atoms with Gasteiger partial charge in [-0.2, -0.15) is 11.8 Å². The van der Waals surface area contributed by atoms with Crippen LogP contribution in [0.25, 0.3) is 0 Å². The number of benzene rings is 1. The highest BCUT2D eigenvalue weighted by molar-refractivity contribution is 7.99. The van der Waals surface area contributed by atoms with Crippen molar-refractivity contribution in [2.24, 2.45) is 5.73 Å². The molecule has 0 aromatic heterocycles. The van der Waals surface area contributed by atoms with E-state index in [1.54, 1.807) is 12.1 Å². The Morgan fingerprint density at radius 2 is 2.05 bits per heavy atom. The van der Waals surface area contributed by atoms with E-state index in [-0.39, 0.29) is 23.6 Å². The van der Waals surface area contributed by atoms with Gasteiger partial charge in [0.2, 0.25) is 11.8 Å². The third kappa shape index (κ3) is 5.91. The van der Waals surface area contributed by atoms with E-state index in [0.717, 1.165) is 0 Å². The number of nitrogens with one attached hydrogen (secondary N) is 1. The van der Waals surface area contributed by atoms with Crippen molar-refractivity contribution in [1.82, 2.24) is 0 Å². The maximum Gasteiger partial charge on any atom is 0.335 e. The predicted octanol–water partition coefficient (Wildman–Crippen LogP) is 0.932. The zero-order chi connectivity index (χ0) is 14.3. The minimum atomic E-state index is -1.05. The lowest BCUT2D eigenvalue weighted by atomic mass is 10.2. The van der Waals surface area contributed by atoms with Gasteiger partial charge in [0.05, 0.1) is 11.3 Å². The molecule has 0 saturated carbocycles. The van der Waals surface area contributed by atoms with Crippen LogP contribution in [0.1, 0.15) is 16.8 Å². The number of thioether (sulfide) groups is 1. The van der Waals surface area contributed by atoms with Crippen molar-refractivity contribution >= 4 is 35.2 Å². The van der Waals surface area contributed by atoms with Gasteiger partial charge in [0.1, 0.15) is 0 Å². The summed E-state index contributed by atoms with van der Waals surface area (Å²) in [7, 11) is 0. The Morgan fingerprint density at radius 1 is 1.32 bits per heavy atom. The van der Waals surface area contributed by atoms with Crippen LogP contribution < -0.4 is 11.1 Å². The molecule has 0 aliphatic carbocycles. The van der Waals surface area contributed by atoms with Gasteiger partial charge in [-0.1, -0.05) is 6.07 Å². The highest BCUT2D eigenvalue weighted by atomic mass is 32.2. The van der Waals surface area contributed by atoms with Crippen molar-refractivity contribution in [1.29, 1.82) is 0 Å². The molecule has 0 fully saturated rings. The van der Waals surface area contributed by atoms with Crippen LogP contribution in [-0.2, 0) is 9.59 Å². The standard InChI is InChI=1S/C12H14N2O4S/c13-10(15)7-19-5-4-11(16)14-9-3-1-2-8(6-9)12(17)18/h1-3,6H,4-5,7H2,(H2,13,15)(H,14,16)(H,17,18). The molecule has 0 atom stereocenters. The molecule has 7 heteroatoms. The molecule has 0 bridgehead atoms. The van der Waals surface area contributed by atoms with Gasteiger partial charge in [-0.25, -0.2) is 4.79 Å². The van der Waals surface area contributed by atoms with E-state index in [2.05, 4.69) is 5.32 Å². The number of carbonyl (C=O) groups is 3. The highest BCUT2D eigenvalue weighted by Crippen LogP contribution is 2.11. The maximum absolute atomic E-state index is 11.6. The number of nitrogens with two attached hydrogens (primary N) is 1. The minimum absolute atomic E-state index is 0.112. The molecule has 0 radical (unpaired) electrons. The molecular formula is C12H14N2O4S. The van der Waals surface area contributed by atoms with E-state index < -0.39 is 11.9 Å². The molecule has 0 aliphatic rings. The zero-order valence-electron chi connectivity index (χ0n) is 10.1. The molecule has 102 valence electrons. The predicted molar refractivity (Wildman–Crippen MR) is 73.2 cm³/mol. The number of carbonyl (C=O) groups excluding carboxylic acids is 2. The third-order valence-corrected chi connectivity index (χ3v) is 3.09. The summed E-state index contributed by atoms with van der Waals surface area (Å²) in [5.74, 6) is -1.04. The summed E-state index contributed by atoms with van der Waals surface area (Å²) in [6, 6.07) is 6.00. The van der Waals surface area contributed by atoms with Gasteiger partial charge in [-0.05, 0) is 18.2 Å². The fraction of sp³-hybridized carbons (Fsp3) is 0.250. The Labute approximate surface area is 114 Å². The Morgan fingerprint density at radius 3 is 2.68 bits per heavy atom. The Bertz CT molecular complexity index is 490. The monoisotopic (exact) mass is 282 g/mol. The highest BCUT2D eigenvalue weighted by Gasteiger charge is 2.06. The van der Waals surface area contributed by atoms with E-state index in [0.29, 0.717) is 11.4 Å². The lowest BCUT2D eigenvalue weighted by Crippen LogP contribution is -2.16. The molecule has 1 rings (SSSR count). The average molecular weight is 282 g/mol. The van der Waals surface area contributed by atoms with Crippen molar-refractivity contribution in [3.63, 3.8) is 0 Å². The normalized spacial score (nSPS) is 9.89. The molecular weight excluding hydrogens is 268 g/mol. The summed E-state index contributed by atoms with van der Waals surface area (Å²) in [4.78, 5) is 32.8. The number of hydrogen-bond acceptors (Lipinski definition) is 4. The number of rotatable bonds is 7. The van der Waals surface area contributed by atoms with Gasteiger partial charge in [0.15, 0.2) is 0 Å². The Kier molecular flexibility index (Phi) is 5.87. The molecule has 0 saturated heterocycles. The quantitative estimate of drug-likeness (QED) is 0.644. The number of amides is 2. The molecule has 0 heterocycles. The largest absolute Gasteiger partial charge is 0.478 e. The number of aromatic carboxylic acids is 1. The van der Waals surface area contributed by atoms with Gasteiger partial charge in [-0.15, -0.1) is 0 Å². The van der Waals surface area contributed by atoms with E-state index in [1.165, 1.54) is 23.9 Å². The second kappa shape index (κ2) is 7.42. The number of carboxylic acids is 1. The van der Waals surface area contributed by atoms with Crippen LogP contribution in [0.2, 0.25) is 0 Å². The molecule has 19 heavy (non-hydrogen) atoms. The molecule has 0 spiro atoms. The second-order valence-electron chi connectivity index (χ2n) is 3.70. The summed E-state index contributed by atoms with van der Waals surface area (Å²) in [6.45, 7) is 0.